The summed E-state index contributed by atoms with van der Waals surface area (Å²) in [7, 11) is 6.52. The van der Waals surface area contributed by atoms with E-state index < -0.39 is 4.92 Å². The molecule has 1 heterocycles. The number of hydrogen-bond donors (Lipinski definition) is 0. The van der Waals surface area contributed by atoms with Crippen molar-refractivity contribution in [2.45, 2.75) is 34.7 Å². The van der Waals surface area contributed by atoms with Gasteiger partial charge in [-0.3, -0.25) is 10.1 Å². The van der Waals surface area contributed by atoms with Crippen molar-refractivity contribution in [3.63, 3.8) is 0 Å². The lowest BCUT2D eigenvalue weighted by Gasteiger charge is -2.44. The summed E-state index contributed by atoms with van der Waals surface area (Å²) in [5, 5.41) is 10.8. The van der Waals surface area contributed by atoms with Crippen molar-refractivity contribution in [3.05, 3.63) is 58.6 Å². The Kier molecular flexibility index (Phi) is 8.42. The van der Waals surface area contributed by atoms with Crippen LogP contribution in [0.2, 0.25) is 0 Å². The molecular weight excluding hydrogens is 422 g/mol. The molecule has 0 saturated carbocycles. The van der Waals surface area contributed by atoms with E-state index in [1.54, 1.807) is 52.3 Å². The molecule has 0 bridgehead atoms. The lowest BCUT2D eigenvalue weighted by Crippen LogP contribution is -2.59. The van der Waals surface area contributed by atoms with Crippen LogP contribution >= 0.6 is 11.8 Å². The van der Waals surface area contributed by atoms with Crippen LogP contribution in [0.15, 0.2) is 53.4 Å². The highest BCUT2D eigenvalue weighted by molar-refractivity contribution is 7.99. The van der Waals surface area contributed by atoms with Crippen molar-refractivity contribution in [2.24, 2.45) is 0 Å². The number of methoxy groups -OCH3 is 4. The molecule has 0 spiro atoms. The molecule has 3 rings (SSSR count). The van der Waals surface area contributed by atoms with Gasteiger partial charge in [-0.1, -0.05) is 23.9 Å². The van der Waals surface area contributed by atoms with Gasteiger partial charge in [-0.05, 0) is 35.4 Å². The Morgan fingerprint density at radius 3 is 1.90 bits per heavy atom. The maximum absolute atomic E-state index is 10.8. The summed E-state index contributed by atoms with van der Waals surface area (Å²) in [6, 6.07) is 14.4. The summed E-state index contributed by atoms with van der Waals surface area (Å²) in [6.45, 7) is 0.380. The zero-order valence-electron chi connectivity index (χ0n) is 17.9. The summed E-state index contributed by atoms with van der Waals surface area (Å²) < 4.78 is 28.6. The van der Waals surface area contributed by atoms with Gasteiger partial charge in [-0.15, -0.1) is 0 Å². The molecular formula is C22H27NO7S. The molecule has 168 valence electrons. The normalized spacial score (nSPS) is 26.0. The predicted octanol–water partition coefficient (Wildman–Crippen LogP) is 3.77. The van der Waals surface area contributed by atoms with Crippen molar-refractivity contribution in [3.8, 4) is 11.1 Å². The van der Waals surface area contributed by atoms with Gasteiger partial charge in [-0.25, -0.2) is 0 Å². The molecule has 0 amide bonds. The molecule has 1 aliphatic rings. The molecule has 5 atom stereocenters. The zero-order chi connectivity index (χ0) is 22.4. The van der Waals surface area contributed by atoms with Crippen LogP contribution < -0.4 is 0 Å². The van der Waals surface area contributed by atoms with Crippen molar-refractivity contribution >= 4 is 17.4 Å². The minimum Gasteiger partial charge on any atom is -0.382 e. The molecule has 9 heteroatoms. The average molecular weight is 450 g/mol. The first-order valence-electron chi connectivity index (χ1n) is 9.76. The topological polar surface area (TPSA) is 89.3 Å². The van der Waals surface area contributed by atoms with E-state index in [9.17, 15) is 10.1 Å². The van der Waals surface area contributed by atoms with E-state index in [0.29, 0.717) is 6.61 Å². The second-order valence-corrected chi connectivity index (χ2v) is 8.22. The van der Waals surface area contributed by atoms with Gasteiger partial charge in [0.1, 0.15) is 29.9 Å². The molecule has 8 nitrogen and oxygen atoms in total. The molecule has 0 unspecified atom stereocenters. The molecule has 0 radical (unpaired) electrons. The Morgan fingerprint density at radius 2 is 1.42 bits per heavy atom. The lowest BCUT2D eigenvalue weighted by molar-refractivity contribution is -0.384. The Labute approximate surface area is 185 Å². The summed E-state index contributed by atoms with van der Waals surface area (Å²) in [5.74, 6) is 0. The van der Waals surface area contributed by atoms with E-state index in [1.807, 2.05) is 24.3 Å². The average Bonchev–Trinajstić information content (AvgIpc) is 2.79. The highest BCUT2D eigenvalue weighted by atomic mass is 32.2. The van der Waals surface area contributed by atoms with Crippen LogP contribution in [-0.2, 0) is 23.7 Å². The molecule has 0 aliphatic carbocycles. The number of nitro benzene ring substituents is 1. The number of nitro groups is 1. The second kappa shape index (κ2) is 11.0. The van der Waals surface area contributed by atoms with Gasteiger partial charge in [0, 0.05) is 45.5 Å². The Bertz CT molecular complexity index is 846. The van der Waals surface area contributed by atoms with E-state index >= 15 is 0 Å². The van der Waals surface area contributed by atoms with Gasteiger partial charge < -0.3 is 23.7 Å². The third-order valence-corrected chi connectivity index (χ3v) is 6.41. The van der Waals surface area contributed by atoms with E-state index in [0.717, 1.165) is 16.0 Å². The number of hydrogen-bond acceptors (Lipinski definition) is 8. The molecule has 0 aromatic heterocycles. The van der Waals surface area contributed by atoms with E-state index in [2.05, 4.69) is 0 Å². The maximum atomic E-state index is 10.8. The minimum atomic E-state index is -0.405. The highest BCUT2D eigenvalue weighted by Crippen LogP contribution is 2.37. The van der Waals surface area contributed by atoms with Gasteiger partial charge in [0.15, 0.2) is 0 Å². The summed E-state index contributed by atoms with van der Waals surface area (Å²) in [6.07, 6.45) is -1.23. The van der Waals surface area contributed by atoms with Crippen molar-refractivity contribution < 1.29 is 28.6 Å². The number of ether oxygens (including phenoxy) is 5. The van der Waals surface area contributed by atoms with E-state index in [-0.39, 0.29) is 35.5 Å². The zero-order valence-corrected chi connectivity index (χ0v) is 18.7. The Balaban J connectivity index is 1.76. The smallest absolute Gasteiger partial charge is 0.269 e. The van der Waals surface area contributed by atoms with Gasteiger partial charge >= 0.3 is 0 Å². The minimum absolute atomic E-state index is 0.0728. The third-order valence-electron chi connectivity index (χ3n) is 5.26. The molecule has 1 fully saturated rings. The first kappa shape index (κ1) is 23.6. The van der Waals surface area contributed by atoms with E-state index in [4.69, 9.17) is 23.7 Å². The monoisotopic (exact) mass is 449 g/mol. The molecule has 2 aromatic carbocycles. The first-order valence-corrected chi connectivity index (χ1v) is 10.6. The van der Waals surface area contributed by atoms with Crippen molar-refractivity contribution in [1.82, 2.24) is 0 Å². The molecule has 2 aromatic rings. The molecule has 1 saturated heterocycles. The van der Waals surface area contributed by atoms with Gasteiger partial charge in [0.05, 0.1) is 11.5 Å². The number of benzene rings is 2. The van der Waals surface area contributed by atoms with Crippen LogP contribution in [-0.4, -0.2) is 69.8 Å². The fourth-order valence-corrected chi connectivity index (χ4v) is 4.87. The third kappa shape index (κ3) is 5.43. The fourth-order valence-electron chi connectivity index (χ4n) is 3.71. The predicted molar refractivity (Wildman–Crippen MR) is 117 cm³/mol. The Morgan fingerprint density at radius 1 is 0.871 bits per heavy atom. The van der Waals surface area contributed by atoms with Crippen LogP contribution in [0.25, 0.3) is 11.1 Å². The number of thioether (sulfide) groups is 1. The van der Waals surface area contributed by atoms with Crippen LogP contribution in [0.3, 0.4) is 0 Å². The first-order chi connectivity index (χ1) is 15.0. The van der Waals surface area contributed by atoms with Crippen molar-refractivity contribution in [1.29, 1.82) is 0 Å². The SMILES string of the molecule is COC[C@H]1O[C@@H](Sc2ccc(-c3ccc([N+](=O)[O-])cc3)cc2)[C@H](OC)[C@@H](OC)[C@@H]1OC. The fraction of sp³-hybridized carbons (Fsp3) is 0.455. The summed E-state index contributed by atoms with van der Waals surface area (Å²) in [5.41, 5.74) is 1.64. The second-order valence-electron chi connectivity index (χ2n) is 7.05. The van der Waals surface area contributed by atoms with Gasteiger partial charge in [0.25, 0.3) is 5.69 Å². The van der Waals surface area contributed by atoms with Crippen LogP contribution in [0.4, 0.5) is 5.69 Å². The summed E-state index contributed by atoms with van der Waals surface area (Å²) in [4.78, 5) is 11.4. The molecule has 0 N–H and O–H groups in total. The largest absolute Gasteiger partial charge is 0.382 e. The van der Waals surface area contributed by atoms with Crippen molar-refractivity contribution in [2.75, 3.05) is 35.0 Å². The van der Waals surface area contributed by atoms with Gasteiger partial charge in [-0.2, -0.15) is 0 Å². The lowest BCUT2D eigenvalue weighted by atomic mass is 9.99. The molecule has 1 aliphatic heterocycles. The quantitative estimate of drug-likeness (QED) is 0.422. The summed E-state index contributed by atoms with van der Waals surface area (Å²) >= 11 is 1.54. The van der Waals surface area contributed by atoms with Gasteiger partial charge in [0.2, 0.25) is 0 Å². The number of nitrogens with zero attached hydrogens (tertiary/aromatic N) is 1. The number of non-ortho nitro benzene ring substituents is 1. The maximum Gasteiger partial charge on any atom is 0.269 e. The highest BCUT2D eigenvalue weighted by Gasteiger charge is 2.47. The van der Waals surface area contributed by atoms with Crippen LogP contribution in [0, 0.1) is 10.1 Å². The Hall–Kier alpha value is -2.01. The molecule has 31 heavy (non-hydrogen) atoms. The van der Waals surface area contributed by atoms with Crippen LogP contribution in [0.1, 0.15) is 0 Å². The number of rotatable bonds is 9. The van der Waals surface area contributed by atoms with E-state index in [1.165, 1.54) is 12.1 Å². The van der Waals surface area contributed by atoms with Crippen LogP contribution in [0.5, 0.6) is 0 Å². The standard InChI is InChI=1S/C22H27NO7S/c1-26-13-18-19(27-2)20(28-3)21(29-4)22(30-18)31-17-11-7-15(8-12-17)14-5-9-16(10-6-14)23(24)25/h5-12,18-22H,13H2,1-4H3/t18-,19-,20+,21-,22+/m1/s1.